The zero-order valence-electron chi connectivity index (χ0n) is 19.7. The van der Waals surface area contributed by atoms with Crippen molar-refractivity contribution in [1.29, 1.82) is 0 Å². The van der Waals surface area contributed by atoms with Gasteiger partial charge in [0.15, 0.2) is 5.79 Å². The van der Waals surface area contributed by atoms with Gasteiger partial charge in [0.05, 0.1) is 43.0 Å². The zero-order valence-corrected chi connectivity index (χ0v) is 19.7. The fourth-order valence-corrected chi connectivity index (χ4v) is 4.97. The van der Waals surface area contributed by atoms with E-state index in [0.29, 0.717) is 25.9 Å². The molecule has 0 aromatic carbocycles. The van der Waals surface area contributed by atoms with Gasteiger partial charge in [-0.1, -0.05) is 0 Å². The third kappa shape index (κ3) is 5.14. The Kier molecular flexibility index (Phi) is 6.91. The van der Waals surface area contributed by atoms with E-state index in [-0.39, 0.29) is 30.9 Å². The van der Waals surface area contributed by atoms with Gasteiger partial charge in [-0.3, -0.25) is 4.79 Å². The molecule has 4 fully saturated rings. The highest BCUT2D eigenvalue weighted by atomic mass is 16.7. The Morgan fingerprint density at radius 3 is 2.38 bits per heavy atom. The Labute approximate surface area is 189 Å². The molecule has 184 valence electrons. The number of carbonyl (C=O) groups excluding carboxylic acids is 1. The molecule has 4 aliphatic rings. The molecular formula is C23H38O9. The van der Waals surface area contributed by atoms with E-state index in [2.05, 4.69) is 0 Å². The molecule has 0 amide bonds. The third-order valence-corrected chi connectivity index (χ3v) is 6.72. The van der Waals surface area contributed by atoms with Crippen LogP contribution in [0.1, 0.15) is 60.3 Å². The lowest BCUT2D eigenvalue weighted by Gasteiger charge is -2.46. The largest absolute Gasteiger partial charge is 0.465 e. The van der Waals surface area contributed by atoms with Gasteiger partial charge in [-0.2, -0.15) is 0 Å². The van der Waals surface area contributed by atoms with Crippen molar-refractivity contribution in [3.63, 3.8) is 0 Å². The number of hydrogen-bond acceptors (Lipinski definition) is 9. The quantitative estimate of drug-likeness (QED) is 0.589. The van der Waals surface area contributed by atoms with Crippen LogP contribution in [-0.2, 0) is 33.2 Å². The molecule has 2 N–H and O–H groups in total. The standard InChI is InChI=1S/C23H38O9/c1-22(2,3)21(26)27-9-8-12-6-7-14-18(29-12)17(25)20-19(30-14)16(24)15(31-20)10-13-11-28-23(4,5)32-13/h12-20,24-25H,6-11H2,1-5H3/t12-,13?,14+,15-,16+,17+,18+,19+,20+/m1/s1. The van der Waals surface area contributed by atoms with Crippen molar-refractivity contribution in [2.45, 2.75) is 121 Å². The molecule has 0 aliphatic carbocycles. The van der Waals surface area contributed by atoms with E-state index < -0.39 is 47.8 Å². The number of ether oxygens (including phenoxy) is 6. The minimum Gasteiger partial charge on any atom is -0.465 e. The van der Waals surface area contributed by atoms with Crippen LogP contribution >= 0.6 is 0 Å². The number of esters is 1. The minimum absolute atomic E-state index is 0.132. The summed E-state index contributed by atoms with van der Waals surface area (Å²) < 4.78 is 35.1. The van der Waals surface area contributed by atoms with Crippen LogP contribution in [-0.4, -0.2) is 90.1 Å². The predicted octanol–water partition coefficient (Wildman–Crippen LogP) is 1.31. The summed E-state index contributed by atoms with van der Waals surface area (Å²) >= 11 is 0. The van der Waals surface area contributed by atoms with Crippen LogP contribution < -0.4 is 0 Å². The van der Waals surface area contributed by atoms with Crippen LogP contribution in [0.5, 0.6) is 0 Å². The molecule has 4 aliphatic heterocycles. The summed E-state index contributed by atoms with van der Waals surface area (Å²) in [6.45, 7) is 9.88. The van der Waals surface area contributed by atoms with Gasteiger partial charge in [0.1, 0.15) is 30.5 Å². The lowest BCUT2D eigenvalue weighted by molar-refractivity contribution is -0.260. The molecule has 9 atom stereocenters. The molecule has 0 aromatic rings. The van der Waals surface area contributed by atoms with Gasteiger partial charge in [0.25, 0.3) is 0 Å². The predicted molar refractivity (Wildman–Crippen MR) is 112 cm³/mol. The molecule has 0 bridgehead atoms. The first-order valence-electron chi connectivity index (χ1n) is 11.8. The van der Waals surface area contributed by atoms with Gasteiger partial charge in [0.2, 0.25) is 0 Å². The molecule has 9 nitrogen and oxygen atoms in total. The van der Waals surface area contributed by atoms with Crippen LogP contribution in [0.15, 0.2) is 0 Å². The van der Waals surface area contributed by atoms with E-state index >= 15 is 0 Å². The van der Waals surface area contributed by atoms with Crippen molar-refractivity contribution in [3.05, 3.63) is 0 Å². The van der Waals surface area contributed by atoms with E-state index in [9.17, 15) is 15.0 Å². The monoisotopic (exact) mass is 458 g/mol. The Bertz CT molecular complexity index is 675. The van der Waals surface area contributed by atoms with E-state index in [1.807, 2.05) is 34.6 Å². The van der Waals surface area contributed by atoms with Gasteiger partial charge in [-0.25, -0.2) is 0 Å². The summed E-state index contributed by atoms with van der Waals surface area (Å²) in [5.74, 6) is -0.884. The maximum atomic E-state index is 12.0. The maximum Gasteiger partial charge on any atom is 0.311 e. The summed E-state index contributed by atoms with van der Waals surface area (Å²) in [6, 6.07) is 0. The zero-order chi connectivity index (χ0) is 23.3. The maximum absolute atomic E-state index is 12.0. The number of fused-ring (bicyclic) bond motifs is 2. The van der Waals surface area contributed by atoms with Crippen LogP contribution in [0.2, 0.25) is 0 Å². The number of hydrogen-bond donors (Lipinski definition) is 2. The van der Waals surface area contributed by atoms with Crippen LogP contribution in [0.4, 0.5) is 0 Å². The van der Waals surface area contributed by atoms with E-state index in [4.69, 9.17) is 28.4 Å². The molecular weight excluding hydrogens is 420 g/mol. The SMILES string of the molecule is CC1(C)OCC(C[C@H]2O[C@H]3[C@@H](O)[C@H]4O[C@@H](CCOC(=O)C(C)(C)C)CC[C@@H]4O[C@H]3[C@H]2O)O1. The van der Waals surface area contributed by atoms with Crippen molar-refractivity contribution < 1.29 is 43.4 Å². The summed E-state index contributed by atoms with van der Waals surface area (Å²) in [5, 5.41) is 21.8. The van der Waals surface area contributed by atoms with Crippen molar-refractivity contribution in [2.75, 3.05) is 13.2 Å². The fraction of sp³-hybridized carbons (Fsp3) is 0.957. The Balaban J connectivity index is 1.30. The Morgan fingerprint density at radius 2 is 1.72 bits per heavy atom. The fourth-order valence-electron chi connectivity index (χ4n) is 4.97. The first-order chi connectivity index (χ1) is 14.9. The van der Waals surface area contributed by atoms with Crippen molar-refractivity contribution in [2.24, 2.45) is 5.41 Å². The lowest BCUT2D eigenvalue weighted by Crippen LogP contribution is -2.61. The number of aliphatic hydroxyl groups excluding tert-OH is 2. The highest BCUT2D eigenvalue weighted by Gasteiger charge is 2.57. The molecule has 32 heavy (non-hydrogen) atoms. The first-order valence-corrected chi connectivity index (χ1v) is 11.8. The second-order valence-corrected chi connectivity index (χ2v) is 10.9. The number of aliphatic hydroxyl groups is 2. The average molecular weight is 459 g/mol. The van der Waals surface area contributed by atoms with Gasteiger partial charge >= 0.3 is 5.97 Å². The van der Waals surface area contributed by atoms with Crippen LogP contribution in [0.3, 0.4) is 0 Å². The molecule has 4 saturated heterocycles. The molecule has 0 spiro atoms. The second-order valence-electron chi connectivity index (χ2n) is 10.9. The normalized spacial score (nSPS) is 43.5. The Hall–Kier alpha value is -0.810. The summed E-state index contributed by atoms with van der Waals surface area (Å²) in [5.41, 5.74) is -0.538. The van der Waals surface area contributed by atoms with Crippen LogP contribution in [0.25, 0.3) is 0 Å². The van der Waals surface area contributed by atoms with Gasteiger partial charge < -0.3 is 38.6 Å². The van der Waals surface area contributed by atoms with E-state index in [1.54, 1.807) is 0 Å². The minimum atomic E-state index is -0.907. The van der Waals surface area contributed by atoms with E-state index in [0.717, 1.165) is 6.42 Å². The molecule has 0 aromatic heterocycles. The van der Waals surface area contributed by atoms with Crippen molar-refractivity contribution in [1.82, 2.24) is 0 Å². The molecule has 0 radical (unpaired) electrons. The highest BCUT2D eigenvalue weighted by Crippen LogP contribution is 2.40. The molecule has 9 heteroatoms. The molecule has 4 rings (SSSR count). The summed E-state index contributed by atoms with van der Waals surface area (Å²) in [4.78, 5) is 12.0. The van der Waals surface area contributed by atoms with Gasteiger partial charge in [-0.15, -0.1) is 0 Å². The first kappa shape index (κ1) is 24.3. The van der Waals surface area contributed by atoms with Crippen molar-refractivity contribution in [3.8, 4) is 0 Å². The average Bonchev–Trinajstić information content (AvgIpc) is 3.21. The van der Waals surface area contributed by atoms with Crippen LogP contribution in [0, 0.1) is 5.41 Å². The molecule has 1 unspecified atom stereocenters. The summed E-state index contributed by atoms with van der Waals surface area (Å²) in [7, 11) is 0. The van der Waals surface area contributed by atoms with Gasteiger partial charge in [-0.05, 0) is 47.5 Å². The smallest absolute Gasteiger partial charge is 0.311 e. The van der Waals surface area contributed by atoms with Crippen molar-refractivity contribution >= 4 is 5.97 Å². The van der Waals surface area contributed by atoms with Gasteiger partial charge in [0, 0.05) is 12.8 Å². The third-order valence-electron chi connectivity index (χ3n) is 6.72. The number of carbonyl (C=O) groups is 1. The Morgan fingerprint density at radius 1 is 1.00 bits per heavy atom. The second kappa shape index (κ2) is 9.09. The molecule has 4 heterocycles. The highest BCUT2D eigenvalue weighted by molar-refractivity contribution is 5.75. The van der Waals surface area contributed by atoms with E-state index in [1.165, 1.54) is 0 Å². The lowest BCUT2D eigenvalue weighted by atomic mass is 9.88. The topological polar surface area (TPSA) is 113 Å². The number of rotatable bonds is 5. The molecule has 0 saturated carbocycles. The summed E-state index contributed by atoms with van der Waals surface area (Å²) in [6.07, 6.45) is -2.21.